The fourth-order valence-electron chi connectivity index (χ4n) is 5.05. The summed E-state index contributed by atoms with van der Waals surface area (Å²) in [5.74, 6) is -2.89. The minimum Gasteiger partial charge on any atom is -0.381 e. The van der Waals surface area contributed by atoms with Gasteiger partial charge in [-0.15, -0.1) is 0 Å². The molecule has 36 heavy (non-hydrogen) atoms. The zero-order valence-corrected chi connectivity index (χ0v) is 19.8. The Morgan fingerprint density at radius 1 is 1.11 bits per heavy atom. The second-order valence-electron chi connectivity index (χ2n) is 9.58. The number of carbonyl (C=O) groups is 1. The number of imidazole rings is 1. The molecule has 0 spiro atoms. The monoisotopic (exact) mass is 503 g/mol. The van der Waals surface area contributed by atoms with Crippen LogP contribution in [0.4, 0.5) is 30.8 Å². The summed E-state index contributed by atoms with van der Waals surface area (Å²) in [6, 6.07) is 1.20. The summed E-state index contributed by atoms with van der Waals surface area (Å²) < 4.78 is 49.6. The third-order valence-corrected chi connectivity index (χ3v) is 7.10. The highest BCUT2D eigenvalue weighted by Crippen LogP contribution is 2.37. The van der Waals surface area contributed by atoms with E-state index in [9.17, 15) is 18.0 Å². The maximum Gasteiger partial charge on any atom is 0.224 e. The Labute approximate surface area is 205 Å². The molecule has 4 N–H and O–H groups in total. The quantitative estimate of drug-likeness (QED) is 0.464. The molecule has 12 heteroatoms. The van der Waals surface area contributed by atoms with Crippen LogP contribution in [0.2, 0.25) is 0 Å². The zero-order valence-electron chi connectivity index (χ0n) is 19.8. The van der Waals surface area contributed by atoms with Gasteiger partial charge in [0.05, 0.1) is 12.8 Å². The van der Waals surface area contributed by atoms with Crippen LogP contribution in [0.1, 0.15) is 45.1 Å². The molecule has 9 nitrogen and oxygen atoms in total. The van der Waals surface area contributed by atoms with Gasteiger partial charge < -0.3 is 21.1 Å². The number of benzene rings is 1. The fraction of sp³-hybridized carbons (Fsp3) is 0.500. The SMILES string of the molecule is C[C@@H]1COCC[C@H]1Nc1ncc2nc(Nc3c(F)cc(F)cc3F)n([C@H]3CC[C@H](C(N)=O)CC3)c2n1. The predicted molar refractivity (Wildman–Crippen MR) is 127 cm³/mol. The number of fused-ring (bicyclic) bond motifs is 1. The van der Waals surface area contributed by atoms with Crippen LogP contribution < -0.4 is 16.4 Å². The number of hydrogen-bond acceptors (Lipinski definition) is 7. The number of amides is 1. The average molecular weight is 504 g/mol. The van der Waals surface area contributed by atoms with Crippen molar-refractivity contribution in [1.82, 2.24) is 19.5 Å². The van der Waals surface area contributed by atoms with Gasteiger partial charge in [-0.2, -0.15) is 4.98 Å². The Morgan fingerprint density at radius 3 is 2.50 bits per heavy atom. The Hall–Kier alpha value is -3.41. The van der Waals surface area contributed by atoms with E-state index in [2.05, 4.69) is 27.5 Å². The number of nitrogens with zero attached hydrogens (tertiary/aromatic N) is 4. The van der Waals surface area contributed by atoms with Crippen LogP contribution in [0.3, 0.4) is 0 Å². The number of nitrogens with two attached hydrogens (primary N) is 1. The van der Waals surface area contributed by atoms with Gasteiger partial charge in [0.2, 0.25) is 17.8 Å². The molecule has 0 radical (unpaired) electrons. The summed E-state index contributed by atoms with van der Waals surface area (Å²) in [5, 5.41) is 6.08. The zero-order chi connectivity index (χ0) is 25.4. The largest absolute Gasteiger partial charge is 0.381 e. The molecule has 192 valence electrons. The summed E-state index contributed by atoms with van der Waals surface area (Å²) >= 11 is 0. The molecule has 1 saturated carbocycles. The van der Waals surface area contributed by atoms with Crippen molar-refractivity contribution in [2.75, 3.05) is 23.8 Å². The molecule has 2 aliphatic rings. The molecule has 2 fully saturated rings. The highest BCUT2D eigenvalue weighted by molar-refractivity contribution is 5.78. The summed E-state index contributed by atoms with van der Waals surface area (Å²) in [6.45, 7) is 3.38. The second-order valence-corrected chi connectivity index (χ2v) is 9.58. The number of halogens is 3. The minimum atomic E-state index is -1.08. The van der Waals surface area contributed by atoms with Crippen LogP contribution in [-0.2, 0) is 9.53 Å². The summed E-state index contributed by atoms with van der Waals surface area (Å²) in [6.07, 6.45) is 4.73. The van der Waals surface area contributed by atoms with E-state index in [4.69, 9.17) is 15.5 Å². The van der Waals surface area contributed by atoms with Gasteiger partial charge >= 0.3 is 0 Å². The van der Waals surface area contributed by atoms with Crippen molar-refractivity contribution in [2.45, 2.75) is 51.1 Å². The van der Waals surface area contributed by atoms with Crippen molar-refractivity contribution in [3.63, 3.8) is 0 Å². The standard InChI is InChI=1S/C24H28F3N7O2/c1-12-11-36-7-6-18(12)30-23-29-10-19-22(33-23)34(15-4-2-13(3-5-15)21(28)35)24(31-19)32-20-16(26)8-14(25)9-17(20)27/h8-10,12-13,15,18H,2-7,11H2,1H3,(H2,28,35)(H,31,32)(H,29,30,33)/t12-,13-,15-,18-/m1/s1. The van der Waals surface area contributed by atoms with Gasteiger partial charge in [0, 0.05) is 36.7 Å². The van der Waals surface area contributed by atoms with Gasteiger partial charge in [-0.1, -0.05) is 6.92 Å². The third kappa shape index (κ3) is 4.81. The molecular formula is C24H28F3N7O2. The molecule has 0 unspecified atom stereocenters. The first-order chi connectivity index (χ1) is 17.3. The van der Waals surface area contributed by atoms with Gasteiger partial charge in [-0.3, -0.25) is 9.36 Å². The smallest absolute Gasteiger partial charge is 0.224 e. The second kappa shape index (κ2) is 9.92. The molecule has 1 aliphatic heterocycles. The molecule has 1 aliphatic carbocycles. The number of primary amides is 1. The third-order valence-electron chi connectivity index (χ3n) is 7.10. The minimum absolute atomic E-state index is 0.138. The van der Waals surface area contributed by atoms with Crippen molar-refractivity contribution < 1.29 is 22.7 Å². The number of hydrogen-bond donors (Lipinski definition) is 3. The van der Waals surface area contributed by atoms with Crippen LogP contribution in [0.25, 0.3) is 11.2 Å². The van der Waals surface area contributed by atoms with Gasteiger partial charge in [-0.25, -0.2) is 23.1 Å². The van der Waals surface area contributed by atoms with Crippen LogP contribution in [0, 0.1) is 29.3 Å². The lowest BCUT2D eigenvalue weighted by Crippen LogP contribution is -2.36. The lowest BCUT2D eigenvalue weighted by atomic mass is 9.85. The number of ether oxygens (including phenoxy) is 1. The topological polar surface area (TPSA) is 120 Å². The van der Waals surface area contributed by atoms with E-state index in [1.165, 1.54) is 0 Å². The Morgan fingerprint density at radius 2 is 1.83 bits per heavy atom. The first-order valence-corrected chi connectivity index (χ1v) is 12.1. The van der Waals surface area contributed by atoms with Gasteiger partial charge in [0.25, 0.3) is 0 Å². The van der Waals surface area contributed by atoms with E-state index in [1.54, 1.807) is 10.8 Å². The van der Waals surface area contributed by atoms with Crippen LogP contribution >= 0.6 is 0 Å². The molecule has 1 saturated heterocycles. The van der Waals surface area contributed by atoms with Crippen molar-refractivity contribution in [3.05, 3.63) is 35.8 Å². The van der Waals surface area contributed by atoms with Crippen molar-refractivity contribution in [2.24, 2.45) is 17.6 Å². The molecule has 1 aromatic carbocycles. The van der Waals surface area contributed by atoms with Gasteiger partial charge in [0.15, 0.2) is 17.3 Å². The number of carbonyl (C=O) groups excluding carboxylic acids is 1. The predicted octanol–water partition coefficient (Wildman–Crippen LogP) is 4.04. The average Bonchev–Trinajstić information content (AvgIpc) is 3.20. The molecule has 1 amide bonds. The fourth-order valence-corrected chi connectivity index (χ4v) is 5.05. The van der Waals surface area contributed by atoms with Gasteiger partial charge in [-0.05, 0) is 38.0 Å². The first-order valence-electron chi connectivity index (χ1n) is 12.1. The maximum atomic E-state index is 14.4. The van der Waals surface area contributed by atoms with Gasteiger partial charge in [0.1, 0.15) is 17.0 Å². The molecule has 3 heterocycles. The Bertz CT molecular complexity index is 1250. The van der Waals surface area contributed by atoms with E-state index >= 15 is 0 Å². The lowest BCUT2D eigenvalue weighted by Gasteiger charge is -2.30. The highest BCUT2D eigenvalue weighted by atomic mass is 19.1. The molecule has 0 bridgehead atoms. The van der Waals surface area contributed by atoms with Crippen LogP contribution in [-0.4, -0.2) is 44.7 Å². The Kier molecular flexibility index (Phi) is 6.69. The van der Waals surface area contributed by atoms with E-state index in [0.717, 1.165) is 6.42 Å². The number of rotatable bonds is 6. The number of aromatic nitrogens is 4. The first kappa shape index (κ1) is 24.3. The van der Waals surface area contributed by atoms with E-state index in [0.29, 0.717) is 68.1 Å². The normalized spacial score (nSPS) is 24.6. The Balaban J connectivity index is 1.53. The maximum absolute atomic E-state index is 14.4. The summed E-state index contributed by atoms with van der Waals surface area (Å²) in [7, 11) is 0. The van der Waals surface area contributed by atoms with Crippen molar-refractivity contribution in [3.8, 4) is 0 Å². The summed E-state index contributed by atoms with van der Waals surface area (Å²) in [4.78, 5) is 25.3. The van der Waals surface area contributed by atoms with Crippen LogP contribution in [0.15, 0.2) is 18.3 Å². The highest BCUT2D eigenvalue weighted by Gasteiger charge is 2.30. The van der Waals surface area contributed by atoms with E-state index < -0.39 is 23.1 Å². The molecule has 5 rings (SSSR count). The van der Waals surface area contributed by atoms with E-state index in [-0.39, 0.29) is 35.8 Å². The van der Waals surface area contributed by atoms with E-state index in [1.807, 2.05) is 0 Å². The summed E-state index contributed by atoms with van der Waals surface area (Å²) in [5.41, 5.74) is 5.90. The van der Waals surface area contributed by atoms with Crippen molar-refractivity contribution >= 4 is 34.7 Å². The number of anilines is 3. The van der Waals surface area contributed by atoms with Crippen molar-refractivity contribution in [1.29, 1.82) is 0 Å². The van der Waals surface area contributed by atoms with Crippen LogP contribution in [0.5, 0.6) is 0 Å². The lowest BCUT2D eigenvalue weighted by molar-refractivity contribution is -0.122. The molecule has 2 atom stereocenters. The molecule has 2 aromatic heterocycles. The molecule has 3 aromatic rings. The molecular weight excluding hydrogens is 475 g/mol. The number of nitrogens with one attached hydrogen (secondary N) is 2.